The van der Waals surface area contributed by atoms with Gasteiger partial charge in [0.25, 0.3) is 5.91 Å². The van der Waals surface area contributed by atoms with Crippen LogP contribution in [-0.2, 0) is 10.9 Å². The average molecular weight is 419 g/mol. The number of para-hydroxylation sites is 1. The van der Waals surface area contributed by atoms with Gasteiger partial charge in [0.15, 0.2) is 0 Å². The molecule has 2 aliphatic heterocycles. The molecule has 160 valence electrons. The third-order valence-corrected chi connectivity index (χ3v) is 5.61. The molecule has 8 heteroatoms. The van der Waals surface area contributed by atoms with Crippen molar-refractivity contribution in [1.29, 1.82) is 0 Å². The van der Waals surface area contributed by atoms with Crippen LogP contribution in [0.2, 0.25) is 0 Å². The number of ether oxygens (including phenoxy) is 1. The second-order valence-corrected chi connectivity index (χ2v) is 7.44. The number of anilines is 2. The van der Waals surface area contributed by atoms with Gasteiger partial charge in [-0.2, -0.15) is 13.2 Å². The van der Waals surface area contributed by atoms with Crippen LogP contribution in [-0.4, -0.2) is 63.3 Å². The first-order chi connectivity index (χ1) is 14.4. The number of halogens is 3. The van der Waals surface area contributed by atoms with Crippen molar-refractivity contribution >= 4 is 17.3 Å². The zero-order valence-electron chi connectivity index (χ0n) is 16.6. The van der Waals surface area contributed by atoms with Crippen LogP contribution in [0, 0.1) is 0 Å². The fourth-order valence-corrected chi connectivity index (χ4v) is 3.93. The van der Waals surface area contributed by atoms with Crippen molar-refractivity contribution in [3.8, 4) is 0 Å². The molecule has 2 fully saturated rings. The number of amides is 1. The van der Waals surface area contributed by atoms with E-state index in [1.165, 1.54) is 12.1 Å². The molecule has 30 heavy (non-hydrogen) atoms. The van der Waals surface area contributed by atoms with E-state index in [0.717, 1.165) is 36.6 Å². The molecule has 5 nitrogen and oxygen atoms in total. The molecule has 0 saturated carbocycles. The maximum absolute atomic E-state index is 13.2. The Morgan fingerprint density at radius 3 is 2.07 bits per heavy atom. The van der Waals surface area contributed by atoms with Crippen molar-refractivity contribution in [3.63, 3.8) is 0 Å². The average Bonchev–Trinajstić information content (AvgIpc) is 2.79. The molecule has 0 spiro atoms. The monoisotopic (exact) mass is 419 g/mol. The molecule has 0 bridgehead atoms. The van der Waals surface area contributed by atoms with E-state index >= 15 is 0 Å². The fourth-order valence-electron chi connectivity index (χ4n) is 3.93. The summed E-state index contributed by atoms with van der Waals surface area (Å²) in [6.07, 6.45) is -4.34. The Bertz CT molecular complexity index is 872. The highest BCUT2D eigenvalue weighted by atomic mass is 19.4. The summed E-state index contributed by atoms with van der Waals surface area (Å²) in [5.74, 6) is -0.0100. The zero-order chi connectivity index (χ0) is 21.1. The number of carbonyl (C=O) groups excluding carboxylic acids is 1. The lowest BCUT2D eigenvalue weighted by atomic mass is 10.1. The molecule has 2 heterocycles. The van der Waals surface area contributed by atoms with Crippen LogP contribution in [0.4, 0.5) is 24.5 Å². The lowest BCUT2D eigenvalue weighted by Gasteiger charge is -2.37. The Hall–Kier alpha value is -2.74. The largest absolute Gasteiger partial charge is 0.416 e. The molecule has 2 aromatic rings. The number of rotatable bonds is 3. The van der Waals surface area contributed by atoms with Crippen molar-refractivity contribution in [3.05, 3.63) is 59.7 Å². The SMILES string of the molecule is O=C(c1ccccc1N1CCOCC1)N1CCN(c2ccc(C(F)(F)F)cc2)CC1. The van der Waals surface area contributed by atoms with Gasteiger partial charge >= 0.3 is 6.18 Å². The summed E-state index contributed by atoms with van der Waals surface area (Å²) in [7, 11) is 0. The molecule has 0 aromatic heterocycles. The Kier molecular flexibility index (Phi) is 5.85. The highest BCUT2D eigenvalue weighted by molar-refractivity contribution is 6.00. The van der Waals surface area contributed by atoms with Gasteiger partial charge in [-0.3, -0.25) is 4.79 Å². The predicted molar refractivity (Wildman–Crippen MR) is 109 cm³/mol. The smallest absolute Gasteiger partial charge is 0.378 e. The highest BCUT2D eigenvalue weighted by Crippen LogP contribution is 2.31. The third-order valence-electron chi connectivity index (χ3n) is 5.61. The van der Waals surface area contributed by atoms with E-state index in [-0.39, 0.29) is 5.91 Å². The maximum atomic E-state index is 13.2. The zero-order valence-corrected chi connectivity index (χ0v) is 16.6. The van der Waals surface area contributed by atoms with Gasteiger partial charge in [-0.1, -0.05) is 12.1 Å². The standard InChI is InChI=1S/C22H24F3N3O2/c23-22(24,25)17-5-7-18(8-6-17)26-9-11-28(12-10-26)21(29)19-3-1-2-4-20(19)27-13-15-30-16-14-27/h1-8H,9-16H2. The van der Waals surface area contributed by atoms with Crippen molar-refractivity contribution in [1.82, 2.24) is 4.90 Å². The van der Waals surface area contributed by atoms with Crippen LogP contribution in [0.25, 0.3) is 0 Å². The number of hydrogen-bond acceptors (Lipinski definition) is 4. The van der Waals surface area contributed by atoms with Crippen LogP contribution in [0.1, 0.15) is 15.9 Å². The first kappa shape index (κ1) is 20.5. The van der Waals surface area contributed by atoms with Crippen LogP contribution < -0.4 is 9.80 Å². The van der Waals surface area contributed by atoms with E-state index in [9.17, 15) is 18.0 Å². The maximum Gasteiger partial charge on any atom is 0.416 e. The number of benzene rings is 2. The molecule has 4 rings (SSSR count). The summed E-state index contributed by atoms with van der Waals surface area (Å²) < 4.78 is 43.7. The summed E-state index contributed by atoms with van der Waals surface area (Å²) >= 11 is 0. The topological polar surface area (TPSA) is 36.0 Å². The molecule has 0 N–H and O–H groups in total. The number of hydrogen-bond donors (Lipinski definition) is 0. The van der Waals surface area contributed by atoms with E-state index in [0.29, 0.717) is 45.0 Å². The van der Waals surface area contributed by atoms with E-state index < -0.39 is 11.7 Å². The molecule has 1 amide bonds. The molecule has 0 atom stereocenters. The summed E-state index contributed by atoms with van der Waals surface area (Å²) in [6.45, 7) is 5.02. The van der Waals surface area contributed by atoms with Gasteiger partial charge in [-0.05, 0) is 36.4 Å². The van der Waals surface area contributed by atoms with E-state index in [1.807, 2.05) is 34.1 Å². The molecule has 2 aliphatic rings. The normalized spacial score (nSPS) is 17.9. The molecule has 2 saturated heterocycles. The third kappa shape index (κ3) is 4.38. The lowest BCUT2D eigenvalue weighted by molar-refractivity contribution is -0.137. The van der Waals surface area contributed by atoms with Crippen molar-refractivity contribution in [2.24, 2.45) is 0 Å². The van der Waals surface area contributed by atoms with Gasteiger partial charge in [-0.15, -0.1) is 0 Å². The van der Waals surface area contributed by atoms with Crippen molar-refractivity contribution < 1.29 is 22.7 Å². The lowest BCUT2D eigenvalue weighted by Crippen LogP contribution is -2.49. The molecule has 0 unspecified atom stereocenters. The van der Waals surface area contributed by atoms with E-state index in [4.69, 9.17) is 4.74 Å². The summed E-state index contributed by atoms with van der Waals surface area (Å²) in [5.41, 5.74) is 1.70. The van der Waals surface area contributed by atoms with E-state index in [2.05, 4.69) is 4.90 Å². The van der Waals surface area contributed by atoms with Crippen molar-refractivity contribution in [2.75, 3.05) is 62.3 Å². The minimum Gasteiger partial charge on any atom is -0.378 e. The predicted octanol–water partition coefficient (Wildman–Crippen LogP) is 3.50. The second-order valence-electron chi connectivity index (χ2n) is 7.44. The minimum atomic E-state index is -4.34. The quantitative estimate of drug-likeness (QED) is 0.763. The Morgan fingerprint density at radius 1 is 0.800 bits per heavy atom. The highest BCUT2D eigenvalue weighted by Gasteiger charge is 2.31. The first-order valence-corrected chi connectivity index (χ1v) is 10.1. The van der Waals surface area contributed by atoms with Gasteiger partial charge in [0.2, 0.25) is 0 Å². The number of carbonyl (C=O) groups is 1. The van der Waals surface area contributed by atoms with Gasteiger partial charge in [-0.25, -0.2) is 0 Å². The van der Waals surface area contributed by atoms with Crippen LogP contribution >= 0.6 is 0 Å². The number of morpholine rings is 1. The summed E-state index contributed by atoms with van der Waals surface area (Å²) in [6, 6.07) is 12.8. The number of alkyl halides is 3. The Labute approximate surface area is 173 Å². The molecule has 0 radical (unpaired) electrons. The van der Waals surface area contributed by atoms with Crippen LogP contribution in [0.5, 0.6) is 0 Å². The fraction of sp³-hybridized carbons (Fsp3) is 0.409. The van der Waals surface area contributed by atoms with E-state index in [1.54, 1.807) is 0 Å². The number of nitrogens with zero attached hydrogens (tertiary/aromatic N) is 3. The first-order valence-electron chi connectivity index (χ1n) is 10.1. The molecular formula is C22H24F3N3O2. The van der Waals surface area contributed by atoms with Crippen molar-refractivity contribution in [2.45, 2.75) is 6.18 Å². The van der Waals surface area contributed by atoms with Gasteiger partial charge in [0.05, 0.1) is 24.3 Å². The van der Waals surface area contributed by atoms with Gasteiger partial charge in [0.1, 0.15) is 0 Å². The molecule has 0 aliphatic carbocycles. The van der Waals surface area contributed by atoms with Gasteiger partial charge in [0, 0.05) is 50.6 Å². The molecular weight excluding hydrogens is 395 g/mol. The summed E-state index contributed by atoms with van der Waals surface area (Å²) in [4.78, 5) is 19.2. The summed E-state index contributed by atoms with van der Waals surface area (Å²) in [5, 5.41) is 0. The number of piperazine rings is 1. The Morgan fingerprint density at radius 2 is 1.43 bits per heavy atom. The molecule has 2 aromatic carbocycles. The van der Waals surface area contributed by atoms with Crippen LogP contribution in [0.3, 0.4) is 0 Å². The van der Waals surface area contributed by atoms with Crippen LogP contribution in [0.15, 0.2) is 48.5 Å². The minimum absolute atomic E-state index is 0.0100. The second kappa shape index (κ2) is 8.55. The van der Waals surface area contributed by atoms with Gasteiger partial charge < -0.3 is 19.4 Å². The Balaban J connectivity index is 1.42.